The van der Waals surface area contributed by atoms with Gasteiger partial charge in [-0.15, -0.1) is 0 Å². The Morgan fingerprint density at radius 3 is 2.64 bits per heavy atom. The Labute approximate surface area is 126 Å². The van der Waals surface area contributed by atoms with Gasteiger partial charge in [-0.05, 0) is 37.1 Å². The summed E-state index contributed by atoms with van der Waals surface area (Å²) >= 11 is 0. The Bertz CT molecular complexity index is 730. The number of carbonyl (C=O) groups excluding carboxylic acids is 1. The summed E-state index contributed by atoms with van der Waals surface area (Å²) in [4.78, 5) is 22.2. The van der Waals surface area contributed by atoms with Gasteiger partial charge in [-0.25, -0.2) is 9.18 Å². The third-order valence-electron chi connectivity index (χ3n) is 3.24. The van der Waals surface area contributed by atoms with Crippen molar-refractivity contribution >= 4 is 11.7 Å². The van der Waals surface area contributed by atoms with E-state index in [1.807, 2.05) is 0 Å². The second-order valence-electron chi connectivity index (χ2n) is 4.86. The fourth-order valence-electron chi connectivity index (χ4n) is 1.91. The van der Waals surface area contributed by atoms with E-state index in [4.69, 9.17) is 4.74 Å². The molecule has 0 bridgehead atoms. The summed E-state index contributed by atoms with van der Waals surface area (Å²) in [7, 11) is 0. The summed E-state index contributed by atoms with van der Waals surface area (Å²) in [6.45, 7) is 3.19. The van der Waals surface area contributed by atoms with Gasteiger partial charge in [0.15, 0.2) is 0 Å². The molecule has 0 heterocycles. The molecule has 0 N–H and O–H groups in total. The Morgan fingerprint density at radius 1 is 1.27 bits per heavy atom. The van der Waals surface area contributed by atoms with Crippen LogP contribution < -0.4 is 0 Å². The van der Waals surface area contributed by atoms with Crippen LogP contribution in [0.2, 0.25) is 0 Å². The third kappa shape index (κ3) is 3.46. The number of benzene rings is 2. The molecule has 5 nitrogen and oxygen atoms in total. The van der Waals surface area contributed by atoms with Gasteiger partial charge in [0, 0.05) is 12.1 Å². The zero-order valence-electron chi connectivity index (χ0n) is 12.1. The van der Waals surface area contributed by atoms with E-state index in [1.54, 1.807) is 19.9 Å². The Morgan fingerprint density at radius 2 is 2.00 bits per heavy atom. The maximum absolute atomic E-state index is 13.5. The fraction of sp³-hybridized carbons (Fsp3) is 0.188. The average molecular weight is 303 g/mol. The first-order valence-corrected chi connectivity index (χ1v) is 6.60. The highest BCUT2D eigenvalue weighted by molar-refractivity contribution is 5.89. The monoisotopic (exact) mass is 303 g/mol. The number of nitrogens with zero attached hydrogens (tertiary/aromatic N) is 1. The van der Waals surface area contributed by atoms with E-state index in [-0.39, 0.29) is 11.3 Å². The zero-order valence-corrected chi connectivity index (χ0v) is 12.1. The molecule has 6 heteroatoms. The number of nitro benzene ring substituents is 1. The van der Waals surface area contributed by atoms with Crippen molar-refractivity contribution in [2.75, 3.05) is 0 Å². The topological polar surface area (TPSA) is 69.4 Å². The summed E-state index contributed by atoms with van der Waals surface area (Å²) in [5.74, 6) is -1.17. The molecule has 1 atom stereocenters. The van der Waals surface area contributed by atoms with Gasteiger partial charge in [0.1, 0.15) is 11.9 Å². The second kappa shape index (κ2) is 6.34. The Hall–Kier alpha value is -2.76. The first kappa shape index (κ1) is 15.6. The molecule has 22 heavy (non-hydrogen) atoms. The molecule has 2 aromatic carbocycles. The first-order chi connectivity index (χ1) is 10.4. The predicted molar refractivity (Wildman–Crippen MR) is 78.1 cm³/mol. The van der Waals surface area contributed by atoms with Crippen molar-refractivity contribution in [2.45, 2.75) is 20.0 Å². The standard InChI is InChI=1S/C16H14FNO4/c1-10-6-7-13(9-15(10)17)16(19)22-11(2)12-4-3-5-14(8-12)18(20)21/h3-9,11H,1-2H3/t11-/m0/s1. The van der Waals surface area contributed by atoms with Gasteiger partial charge in [0.25, 0.3) is 5.69 Å². The summed E-state index contributed by atoms with van der Waals surface area (Å²) in [6, 6.07) is 9.91. The van der Waals surface area contributed by atoms with E-state index >= 15 is 0 Å². The molecule has 0 unspecified atom stereocenters. The Balaban J connectivity index is 2.15. The van der Waals surface area contributed by atoms with Crippen LogP contribution in [-0.4, -0.2) is 10.9 Å². The molecule has 0 aliphatic heterocycles. The van der Waals surface area contributed by atoms with Crippen LogP contribution in [-0.2, 0) is 4.74 Å². The fourth-order valence-corrected chi connectivity index (χ4v) is 1.91. The van der Waals surface area contributed by atoms with E-state index in [9.17, 15) is 19.3 Å². The van der Waals surface area contributed by atoms with Gasteiger partial charge in [-0.3, -0.25) is 10.1 Å². The number of rotatable bonds is 4. The Kier molecular flexibility index (Phi) is 4.50. The van der Waals surface area contributed by atoms with Crippen LogP contribution in [0.3, 0.4) is 0 Å². The molecule has 0 saturated carbocycles. The highest BCUT2D eigenvalue weighted by atomic mass is 19.1. The summed E-state index contributed by atoms with van der Waals surface area (Å²) in [5.41, 5.74) is 0.945. The van der Waals surface area contributed by atoms with Crippen molar-refractivity contribution in [2.24, 2.45) is 0 Å². The van der Waals surface area contributed by atoms with Crippen molar-refractivity contribution < 1.29 is 18.8 Å². The van der Waals surface area contributed by atoms with Crippen molar-refractivity contribution in [3.05, 3.63) is 75.1 Å². The summed E-state index contributed by atoms with van der Waals surface area (Å²) in [6.07, 6.45) is -0.684. The molecule has 0 fully saturated rings. The largest absolute Gasteiger partial charge is 0.454 e. The van der Waals surface area contributed by atoms with Gasteiger partial charge in [-0.2, -0.15) is 0 Å². The van der Waals surface area contributed by atoms with Crippen molar-refractivity contribution in [1.82, 2.24) is 0 Å². The van der Waals surface area contributed by atoms with E-state index in [0.29, 0.717) is 11.1 Å². The van der Waals surface area contributed by atoms with E-state index in [2.05, 4.69) is 0 Å². The van der Waals surface area contributed by atoms with Crippen LogP contribution in [0.4, 0.5) is 10.1 Å². The van der Waals surface area contributed by atoms with Crippen LogP contribution in [0, 0.1) is 22.9 Å². The predicted octanol–water partition coefficient (Wildman–Crippen LogP) is 3.96. The van der Waals surface area contributed by atoms with Crippen molar-refractivity contribution in [3.8, 4) is 0 Å². The van der Waals surface area contributed by atoms with Gasteiger partial charge in [0.05, 0.1) is 10.5 Å². The number of nitro groups is 1. The lowest BCUT2D eigenvalue weighted by Crippen LogP contribution is -2.10. The highest BCUT2D eigenvalue weighted by Gasteiger charge is 2.17. The van der Waals surface area contributed by atoms with Gasteiger partial charge in [-0.1, -0.05) is 18.2 Å². The second-order valence-corrected chi connectivity index (χ2v) is 4.86. The number of halogens is 1. The van der Waals surface area contributed by atoms with Gasteiger partial charge >= 0.3 is 5.97 Å². The minimum absolute atomic E-state index is 0.0817. The van der Waals surface area contributed by atoms with Crippen LogP contribution in [0.15, 0.2) is 42.5 Å². The number of aryl methyl sites for hydroxylation is 1. The molecular formula is C16H14FNO4. The molecule has 2 aromatic rings. The number of hydrogen-bond acceptors (Lipinski definition) is 4. The molecular weight excluding hydrogens is 289 g/mol. The lowest BCUT2D eigenvalue weighted by atomic mass is 10.1. The smallest absolute Gasteiger partial charge is 0.338 e. The normalized spacial score (nSPS) is 11.8. The lowest BCUT2D eigenvalue weighted by Gasteiger charge is -2.13. The molecule has 114 valence electrons. The molecule has 0 spiro atoms. The number of carbonyl (C=O) groups is 1. The third-order valence-corrected chi connectivity index (χ3v) is 3.24. The van der Waals surface area contributed by atoms with Gasteiger partial charge < -0.3 is 4.74 Å². The van der Waals surface area contributed by atoms with E-state index in [1.165, 1.54) is 30.3 Å². The van der Waals surface area contributed by atoms with Crippen LogP contribution in [0.25, 0.3) is 0 Å². The minimum Gasteiger partial charge on any atom is -0.454 e. The summed E-state index contributed by atoms with van der Waals surface area (Å²) < 4.78 is 18.7. The van der Waals surface area contributed by atoms with Crippen molar-refractivity contribution in [1.29, 1.82) is 0 Å². The molecule has 0 radical (unpaired) electrons. The number of esters is 1. The summed E-state index contributed by atoms with van der Waals surface area (Å²) in [5, 5.41) is 10.7. The molecule has 0 aliphatic carbocycles. The molecule has 0 amide bonds. The first-order valence-electron chi connectivity index (χ1n) is 6.60. The quantitative estimate of drug-likeness (QED) is 0.487. The molecule has 0 aliphatic rings. The molecule has 0 saturated heterocycles. The zero-order chi connectivity index (χ0) is 16.3. The van der Waals surface area contributed by atoms with Crippen LogP contribution >= 0.6 is 0 Å². The maximum atomic E-state index is 13.5. The SMILES string of the molecule is Cc1ccc(C(=O)O[C@@H](C)c2cccc([N+](=O)[O-])c2)cc1F. The van der Waals surface area contributed by atoms with Crippen LogP contribution in [0.1, 0.15) is 34.5 Å². The van der Waals surface area contributed by atoms with Crippen LogP contribution in [0.5, 0.6) is 0 Å². The minimum atomic E-state index is -0.684. The highest BCUT2D eigenvalue weighted by Crippen LogP contribution is 2.23. The average Bonchev–Trinajstić information content (AvgIpc) is 2.50. The number of hydrogen-bond donors (Lipinski definition) is 0. The molecule has 0 aromatic heterocycles. The number of ether oxygens (including phenoxy) is 1. The van der Waals surface area contributed by atoms with E-state index in [0.717, 1.165) is 6.07 Å². The van der Waals surface area contributed by atoms with E-state index < -0.39 is 22.8 Å². The number of non-ortho nitro benzene ring substituents is 1. The van der Waals surface area contributed by atoms with Crippen molar-refractivity contribution in [3.63, 3.8) is 0 Å². The maximum Gasteiger partial charge on any atom is 0.338 e. The van der Waals surface area contributed by atoms with Gasteiger partial charge in [0.2, 0.25) is 0 Å². The lowest BCUT2D eigenvalue weighted by molar-refractivity contribution is -0.385. The molecule has 2 rings (SSSR count).